The first-order valence-electron chi connectivity index (χ1n) is 12.9. The minimum absolute atomic E-state index is 0.174. The van der Waals surface area contributed by atoms with Crippen LogP contribution < -0.4 is 5.32 Å². The highest BCUT2D eigenvalue weighted by molar-refractivity contribution is 7.14. The van der Waals surface area contributed by atoms with Crippen molar-refractivity contribution >= 4 is 27.2 Å². The van der Waals surface area contributed by atoms with E-state index >= 15 is 0 Å². The van der Waals surface area contributed by atoms with Gasteiger partial charge in [-0.1, -0.05) is 110 Å². The van der Waals surface area contributed by atoms with Gasteiger partial charge in [-0.25, -0.2) is 4.98 Å². The number of hydrogen-bond donors (Lipinski definition) is 1. The van der Waals surface area contributed by atoms with Crippen LogP contribution in [-0.2, 0) is 0 Å². The van der Waals surface area contributed by atoms with E-state index in [0.717, 1.165) is 38.7 Å². The first-order valence-corrected chi connectivity index (χ1v) is 13.8. The minimum atomic E-state index is -0.247. The van der Waals surface area contributed by atoms with Crippen molar-refractivity contribution in [1.82, 2.24) is 4.98 Å². The molecule has 2 atom stereocenters. The smallest absolute Gasteiger partial charge is 0.187 e. The Hall–Kier alpha value is -4.46. The molecule has 0 aliphatic rings. The average molecular weight is 528 g/mol. The normalized spacial score (nSPS) is 12.9. The number of nitrogens with zero attached hydrogens (tertiary/aromatic N) is 2. The third-order valence-corrected chi connectivity index (χ3v) is 7.49. The van der Waals surface area contributed by atoms with Gasteiger partial charge < -0.3 is 5.32 Å². The molecule has 0 amide bonds. The van der Waals surface area contributed by atoms with Gasteiger partial charge in [0, 0.05) is 22.6 Å². The Morgan fingerprint density at radius 1 is 0.974 bits per heavy atom. The molecule has 0 aliphatic carbocycles. The average Bonchev–Trinajstić information content (AvgIpc) is 3.40. The minimum Gasteiger partial charge on any atom is -0.332 e. The van der Waals surface area contributed by atoms with E-state index in [4.69, 9.17) is 4.98 Å². The fourth-order valence-electron chi connectivity index (χ4n) is 4.59. The fourth-order valence-corrected chi connectivity index (χ4v) is 5.32. The maximum Gasteiger partial charge on any atom is 0.187 e. The molecule has 39 heavy (non-hydrogen) atoms. The highest BCUT2D eigenvalue weighted by Crippen LogP contribution is 2.36. The van der Waals surface area contributed by atoms with Crippen molar-refractivity contribution < 1.29 is 0 Å². The van der Waals surface area contributed by atoms with Crippen LogP contribution in [0.2, 0.25) is 0 Å². The van der Waals surface area contributed by atoms with Gasteiger partial charge in [0.2, 0.25) is 0 Å². The van der Waals surface area contributed by atoms with Crippen molar-refractivity contribution in [3.8, 4) is 17.3 Å². The summed E-state index contributed by atoms with van der Waals surface area (Å²) in [5, 5.41) is 18.3. The molecule has 1 aromatic heterocycles. The number of hydrogen-bond acceptors (Lipinski definition) is 4. The number of aromatic nitrogens is 1. The van der Waals surface area contributed by atoms with Crippen LogP contribution >= 0.6 is 11.3 Å². The zero-order valence-electron chi connectivity index (χ0n) is 22.7. The van der Waals surface area contributed by atoms with Crippen molar-refractivity contribution in [3.63, 3.8) is 0 Å². The van der Waals surface area contributed by atoms with Crippen molar-refractivity contribution in [2.75, 3.05) is 5.32 Å². The van der Waals surface area contributed by atoms with Crippen LogP contribution in [0.1, 0.15) is 42.4 Å². The third-order valence-electron chi connectivity index (χ3n) is 6.73. The van der Waals surface area contributed by atoms with E-state index in [1.54, 1.807) is 11.3 Å². The number of benzene rings is 3. The summed E-state index contributed by atoms with van der Waals surface area (Å²) < 4.78 is 0. The second-order valence-electron chi connectivity index (χ2n) is 9.69. The lowest BCUT2D eigenvalue weighted by atomic mass is 9.83. The quantitative estimate of drug-likeness (QED) is 0.209. The summed E-state index contributed by atoms with van der Waals surface area (Å²) in [6.07, 6.45) is 8.01. The molecule has 3 aromatic carbocycles. The number of allylic oxidation sites excluding steroid dienone is 6. The van der Waals surface area contributed by atoms with Gasteiger partial charge in [-0.15, -0.1) is 11.3 Å². The predicted molar refractivity (Wildman–Crippen MR) is 168 cm³/mol. The van der Waals surface area contributed by atoms with E-state index in [-0.39, 0.29) is 11.8 Å². The Morgan fingerprint density at radius 2 is 1.67 bits per heavy atom. The summed E-state index contributed by atoms with van der Waals surface area (Å²) in [5.74, 6) is -0.421. The molecule has 0 saturated heterocycles. The van der Waals surface area contributed by atoms with Crippen LogP contribution in [-0.4, -0.2) is 4.98 Å². The van der Waals surface area contributed by atoms with Crippen LogP contribution in [0.15, 0.2) is 127 Å². The fraction of sp³-hybridized carbons (Fsp3) is 0.143. The van der Waals surface area contributed by atoms with E-state index in [0.29, 0.717) is 5.70 Å². The van der Waals surface area contributed by atoms with Crippen molar-refractivity contribution in [3.05, 3.63) is 144 Å². The monoisotopic (exact) mass is 527 g/mol. The molecular weight excluding hydrogens is 494 g/mol. The van der Waals surface area contributed by atoms with E-state index < -0.39 is 0 Å². The topological polar surface area (TPSA) is 48.7 Å². The van der Waals surface area contributed by atoms with Gasteiger partial charge in [0.25, 0.3) is 0 Å². The molecule has 2 unspecified atom stereocenters. The van der Waals surface area contributed by atoms with Crippen molar-refractivity contribution in [2.45, 2.75) is 32.6 Å². The van der Waals surface area contributed by atoms with Crippen molar-refractivity contribution in [2.24, 2.45) is 0 Å². The zero-order chi connectivity index (χ0) is 27.9. The lowest BCUT2D eigenvalue weighted by Crippen LogP contribution is -2.10. The number of nitriles is 1. The molecule has 0 aliphatic heterocycles. The van der Waals surface area contributed by atoms with Gasteiger partial charge in [-0.3, -0.25) is 0 Å². The largest absolute Gasteiger partial charge is 0.332 e. The van der Waals surface area contributed by atoms with Gasteiger partial charge in [0.1, 0.15) is 0 Å². The standard InChI is InChI=1S/C35H33N3S/c1-23(2)13-7-8-16-30(31-17-11-10-15-29(31)25(4)21-36)26(5)27(6)37-35-38-34(22-39-35)33-20-19-24(3)28-14-9-12-18-32(28)33/h7-20,22,25,30H,1,5-6H2,2-4H3,(H,37,38)/b13-7-,16-8-. The van der Waals surface area contributed by atoms with Crippen LogP contribution in [0, 0.1) is 18.3 Å². The number of nitrogens with one attached hydrogen (secondary N) is 1. The summed E-state index contributed by atoms with van der Waals surface area (Å²) in [6, 6.07) is 23.1. The first-order chi connectivity index (χ1) is 18.8. The molecule has 0 spiro atoms. The van der Waals surface area contributed by atoms with Gasteiger partial charge in [0.05, 0.1) is 17.7 Å². The maximum atomic E-state index is 9.64. The molecule has 0 fully saturated rings. The molecule has 4 rings (SSSR count). The Morgan fingerprint density at radius 3 is 2.38 bits per heavy atom. The molecule has 194 valence electrons. The van der Waals surface area contributed by atoms with Gasteiger partial charge in [-0.2, -0.15) is 5.26 Å². The molecule has 1 heterocycles. The summed E-state index contributed by atoms with van der Waals surface area (Å²) >= 11 is 1.54. The second kappa shape index (κ2) is 12.4. The predicted octanol–water partition coefficient (Wildman–Crippen LogP) is 9.85. The number of fused-ring (bicyclic) bond motifs is 1. The molecule has 3 nitrogen and oxygen atoms in total. The maximum absolute atomic E-state index is 9.64. The molecular formula is C35H33N3S. The van der Waals surface area contributed by atoms with Crippen LogP contribution in [0.3, 0.4) is 0 Å². The van der Waals surface area contributed by atoms with Gasteiger partial charge in [-0.05, 0) is 53.8 Å². The highest BCUT2D eigenvalue weighted by atomic mass is 32.1. The third kappa shape index (κ3) is 6.34. The lowest BCUT2D eigenvalue weighted by Gasteiger charge is -2.22. The van der Waals surface area contributed by atoms with Crippen molar-refractivity contribution in [1.29, 1.82) is 5.26 Å². The van der Waals surface area contributed by atoms with Gasteiger partial charge in [0.15, 0.2) is 5.13 Å². The molecule has 0 bridgehead atoms. The number of thiazole rings is 1. The first kappa shape index (κ1) is 27.6. The van der Waals surface area contributed by atoms with Crippen LogP contribution in [0.4, 0.5) is 5.13 Å². The van der Waals surface area contributed by atoms with E-state index in [1.807, 2.05) is 50.3 Å². The van der Waals surface area contributed by atoms with Crippen LogP contribution in [0.5, 0.6) is 0 Å². The Bertz CT molecular complexity index is 1640. The number of rotatable bonds is 10. The summed E-state index contributed by atoms with van der Waals surface area (Å²) in [6.45, 7) is 18.7. The molecule has 4 heteroatoms. The molecule has 0 saturated carbocycles. The Balaban J connectivity index is 1.63. The Kier molecular flexibility index (Phi) is 8.76. The molecule has 1 N–H and O–H groups in total. The summed E-state index contributed by atoms with van der Waals surface area (Å²) in [4.78, 5) is 4.89. The van der Waals surface area contributed by atoms with E-state index in [1.165, 1.54) is 16.3 Å². The lowest BCUT2D eigenvalue weighted by molar-refractivity contribution is 0.908. The Labute approximate surface area is 235 Å². The van der Waals surface area contributed by atoms with Gasteiger partial charge >= 0.3 is 0 Å². The summed E-state index contributed by atoms with van der Waals surface area (Å²) in [7, 11) is 0. The zero-order valence-corrected chi connectivity index (χ0v) is 23.6. The van der Waals surface area contributed by atoms with Crippen LogP contribution in [0.25, 0.3) is 22.0 Å². The highest BCUT2D eigenvalue weighted by Gasteiger charge is 2.21. The number of aryl methyl sites for hydroxylation is 1. The molecule has 4 aromatic rings. The van der Waals surface area contributed by atoms with E-state index in [9.17, 15) is 5.26 Å². The second-order valence-corrected chi connectivity index (χ2v) is 10.5. The molecule has 0 radical (unpaired) electrons. The number of anilines is 1. The van der Waals surface area contributed by atoms with E-state index in [2.05, 4.69) is 92.0 Å². The SMILES string of the molecule is C=C(C)/C=C\C=C/C(C(=C)C(=C)Nc1nc(-c2ccc(C)c3ccccc23)cs1)c1ccccc1C(C)C#N. The summed E-state index contributed by atoms with van der Waals surface area (Å²) in [5.41, 5.74) is 7.76.